The Kier molecular flexibility index (Phi) is 4.04. The molecule has 0 aromatic carbocycles. The molecule has 0 bridgehead atoms. The molecular formula is C12H23BrO. The number of alkyl halides is 1. The molecule has 0 aliphatic heterocycles. The van der Waals surface area contributed by atoms with Gasteiger partial charge in [-0.2, -0.15) is 0 Å². The minimum atomic E-state index is -0.00779. The summed E-state index contributed by atoms with van der Waals surface area (Å²) in [6, 6.07) is 0. The van der Waals surface area contributed by atoms with Gasteiger partial charge in [-0.05, 0) is 44.9 Å². The number of ether oxygens (including phenoxy) is 1. The number of hydrogen-bond donors (Lipinski definition) is 0. The van der Waals surface area contributed by atoms with E-state index in [1.54, 1.807) is 0 Å². The van der Waals surface area contributed by atoms with E-state index in [0.717, 1.165) is 5.33 Å². The lowest BCUT2D eigenvalue weighted by atomic mass is 9.76. The van der Waals surface area contributed by atoms with Gasteiger partial charge in [0.15, 0.2) is 0 Å². The maximum Gasteiger partial charge on any atom is 0.0726 e. The van der Waals surface area contributed by atoms with Crippen LogP contribution in [0.15, 0.2) is 0 Å². The summed E-state index contributed by atoms with van der Waals surface area (Å²) in [7, 11) is 0. The van der Waals surface area contributed by atoms with E-state index in [0.29, 0.717) is 11.5 Å². The van der Waals surface area contributed by atoms with E-state index < -0.39 is 0 Å². The van der Waals surface area contributed by atoms with Crippen molar-refractivity contribution in [1.82, 2.24) is 0 Å². The molecule has 0 saturated heterocycles. The molecule has 1 nitrogen and oxygen atoms in total. The van der Waals surface area contributed by atoms with Crippen LogP contribution in [0.4, 0.5) is 0 Å². The second-order valence-corrected chi connectivity index (χ2v) is 6.44. The summed E-state index contributed by atoms with van der Waals surface area (Å²) < 4.78 is 6.07. The van der Waals surface area contributed by atoms with Gasteiger partial charge >= 0.3 is 0 Å². The SMILES string of the molecule is CC1(C)CCC(OC(C)(C)CBr)CC1. The van der Waals surface area contributed by atoms with Crippen LogP contribution >= 0.6 is 15.9 Å². The van der Waals surface area contributed by atoms with Crippen LogP contribution in [-0.2, 0) is 4.74 Å². The lowest BCUT2D eigenvalue weighted by Crippen LogP contribution is -2.35. The monoisotopic (exact) mass is 262 g/mol. The maximum atomic E-state index is 6.07. The zero-order valence-electron chi connectivity index (χ0n) is 9.90. The van der Waals surface area contributed by atoms with Crippen LogP contribution in [0.1, 0.15) is 53.4 Å². The summed E-state index contributed by atoms with van der Waals surface area (Å²) in [6.45, 7) is 9.03. The van der Waals surface area contributed by atoms with E-state index in [9.17, 15) is 0 Å². The summed E-state index contributed by atoms with van der Waals surface area (Å²) in [6.07, 6.45) is 5.54. The molecule has 0 heterocycles. The van der Waals surface area contributed by atoms with E-state index in [1.807, 2.05) is 0 Å². The number of hydrogen-bond acceptors (Lipinski definition) is 1. The Morgan fingerprint density at radius 1 is 1.29 bits per heavy atom. The molecule has 1 fully saturated rings. The molecule has 0 spiro atoms. The molecule has 1 aliphatic carbocycles. The van der Waals surface area contributed by atoms with Gasteiger partial charge in [0.2, 0.25) is 0 Å². The largest absolute Gasteiger partial charge is 0.371 e. The Balaban J connectivity index is 2.36. The third kappa shape index (κ3) is 3.90. The van der Waals surface area contributed by atoms with Crippen LogP contribution in [0.2, 0.25) is 0 Å². The van der Waals surface area contributed by atoms with Crippen molar-refractivity contribution in [2.75, 3.05) is 5.33 Å². The molecule has 0 radical (unpaired) electrons. The zero-order valence-corrected chi connectivity index (χ0v) is 11.5. The normalized spacial score (nSPS) is 23.8. The Bertz CT molecular complexity index is 177. The second kappa shape index (κ2) is 4.52. The van der Waals surface area contributed by atoms with Crippen molar-refractivity contribution in [3.8, 4) is 0 Å². The first-order valence-electron chi connectivity index (χ1n) is 5.58. The maximum absolute atomic E-state index is 6.07. The van der Waals surface area contributed by atoms with Crippen LogP contribution < -0.4 is 0 Å². The van der Waals surface area contributed by atoms with E-state index >= 15 is 0 Å². The summed E-state index contributed by atoms with van der Waals surface area (Å²) in [4.78, 5) is 0. The van der Waals surface area contributed by atoms with E-state index in [4.69, 9.17) is 4.74 Å². The smallest absolute Gasteiger partial charge is 0.0726 e. The highest BCUT2D eigenvalue weighted by Crippen LogP contribution is 2.37. The molecule has 0 aromatic heterocycles. The molecule has 14 heavy (non-hydrogen) atoms. The van der Waals surface area contributed by atoms with Crippen molar-refractivity contribution >= 4 is 15.9 Å². The van der Waals surface area contributed by atoms with Gasteiger partial charge in [0.25, 0.3) is 0 Å². The molecule has 0 atom stereocenters. The standard InChI is InChI=1S/C12H23BrO/c1-11(2)7-5-10(6-8-11)14-12(3,4)9-13/h10H,5-9H2,1-4H3. The summed E-state index contributed by atoms with van der Waals surface area (Å²) in [5.41, 5.74) is 0.532. The molecule has 1 saturated carbocycles. The number of halogens is 1. The van der Waals surface area contributed by atoms with Crippen LogP contribution in [-0.4, -0.2) is 17.0 Å². The van der Waals surface area contributed by atoms with Crippen molar-refractivity contribution < 1.29 is 4.74 Å². The Hall–Kier alpha value is 0.440. The Morgan fingerprint density at radius 2 is 1.79 bits per heavy atom. The van der Waals surface area contributed by atoms with Crippen LogP contribution in [0.5, 0.6) is 0 Å². The number of rotatable bonds is 3. The molecule has 0 amide bonds. The fraction of sp³-hybridized carbons (Fsp3) is 1.00. The predicted molar refractivity (Wildman–Crippen MR) is 65.0 cm³/mol. The molecule has 84 valence electrons. The van der Waals surface area contributed by atoms with Gasteiger partial charge in [-0.25, -0.2) is 0 Å². The van der Waals surface area contributed by atoms with Crippen LogP contribution in [0.25, 0.3) is 0 Å². The molecule has 0 N–H and O–H groups in total. The second-order valence-electron chi connectivity index (χ2n) is 5.87. The van der Waals surface area contributed by atoms with Gasteiger partial charge in [0.1, 0.15) is 0 Å². The summed E-state index contributed by atoms with van der Waals surface area (Å²) >= 11 is 3.50. The lowest BCUT2D eigenvalue weighted by Gasteiger charge is -2.37. The molecule has 2 heteroatoms. The van der Waals surface area contributed by atoms with Crippen LogP contribution in [0, 0.1) is 5.41 Å². The topological polar surface area (TPSA) is 9.23 Å². The van der Waals surface area contributed by atoms with Gasteiger partial charge < -0.3 is 4.74 Å². The molecule has 1 aliphatic rings. The molecule has 0 aromatic rings. The summed E-state index contributed by atoms with van der Waals surface area (Å²) in [5.74, 6) is 0. The van der Waals surface area contributed by atoms with Crippen molar-refractivity contribution in [2.45, 2.75) is 65.1 Å². The molecule has 0 unspecified atom stereocenters. The van der Waals surface area contributed by atoms with Crippen molar-refractivity contribution in [1.29, 1.82) is 0 Å². The quantitative estimate of drug-likeness (QED) is 0.695. The fourth-order valence-corrected chi connectivity index (χ4v) is 2.11. The average molecular weight is 263 g/mol. The van der Waals surface area contributed by atoms with Crippen LogP contribution in [0.3, 0.4) is 0 Å². The molecule has 1 rings (SSSR count). The first-order chi connectivity index (χ1) is 6.35. The predicted octanol–water partition coefficient (Wildman–Crippen LogP) is 4.15. The third-order valence-electron chi connectivity index (χ3n) is 3.09. The summed E-state index contributed by atoms with van der Waals surface area (Å²) in [5, 5.41) is 0.917. The lowest BCUT2D eigenvalue weighted by molar-refractivity contribution is -0.0812. The van der Waals surface area contributed by atoms with Gasteiger partial charge in [-0.3, -0.25) is 0 Å². The minimum Gasteiger partial charge on any atom is -0.371 e. The molecular weight excluding hydrogens is 240 g/mol. The van der Waals surface area contributed by atoms with Gasteiger partial charge in [-0.1, -0.05) is 29.8 Å². The highest BCUT2D eigenvalue weighted by Gasteiger charge is 2.30. The fourth-order valence-electron chi connectivity index (χ4n) is 1.97. The van der Waals surface area contributed by atoms with Gasteiger partial charge in [0, 0.05) is 5.33 Å². The Morgan fingerprint density at radius 3 is 2.21 bits per heavy atom. The van der Waals surface area contributed by atoms with Crippen molar-refractivity contribution in [3.05, 3.63) is 0 Å². The zero-order chi connectivity index (χ0) is 10.8. The van der Waals surface area contributed by atoms with Crippen molar-refractivity contribution in [2.24, 2.45) is 5.41 Å². The van der Waals surface area contributed by atoms with E-state index in [1.165, 1.54) is 25.7 Å². The highest BCUT2D eigenvalue weighted by atomic mass is 79.9. The van der Waals surface area contributed by atoms with Crippen molar-refractivity contribution in [3.63, 3.8) is 0 Å². The van der Waals surface area contributed by atoms with Gasteiger partial charge in [0.05, 0.1) is 11.7 Å². The van der Waals surface area contributed by atoms with E-state index in [2.05, 4.69) is 43.6 Å². The van der Waals surface area contributed by atoms with Gasteiger partial charge in [-0.15, -0.1) is 0 Å². The third-order valence-corrected chi connectivity index (χ3v) is 4.44. The van der Waals surface area contributed by atoms with E-state index in [-0.39, 0.29) is 5.60 Å². The first-order valence-corrected chi connectivity index (χ1v) is 6.71. The first kappa shape index (κ1) is 12.5. The minimum absolute atomic E-state index is 0.00779. The highest BCUT2D eigenvalue weighted by molar-refractivity contribution is 9.09. The average Bonchev–Trinajstić information content (AvgIpc) is 2.09. The Labute approximate surface area is 96.7 Å².